The average Bonchev–Trinajstić information content (AvgIpc) is 2.14. The third-order valence-electron chi connectivity index (χ3n) is 2.88. The molecule has 0 aromatic heterocycles. The second-order valence-corrected chi connectivity index (χ2v) is 5.43. The van der Waals surface area contributed by atoms with E-state index in [4.69, 9.17) is 4.74 Å². The molecule has 1 fully saturated rings. The second-order valence-electron chi connectivity index (χ2n) is 5.43. The van der Waals surface area contributed by atoms with Crippen molar-refractivity contribution in [2.45, 2.75) is 59.5 Å². The average molecular weight is 236 g/mol. The molecular formula is C15H24O2. The van der Waals surface area contributed by atoms with E-state index in [0.717, 1.165) is 18.8 Å². The van der Waals surface area contributed by atoms with Crippen molar-refractivity contribution in [1.82, 2.24) is 0 Å². The van der Waals surface area contributed by atoms with Crippen LogP contribution in [0.25, 0.3) is 0 Å². The van der Waals surface area contributed by atoms with Crippen molar-refractivity contribution in [1.29, 1.82) is 0 Å². The minimum atomic E-state index is -0.0771. The summed E-state index contributed by atoms with van der Waals surface area (Å²) >= 11 is 0. The molecule has 0 spiro atoms. The van der Waals surface area contributed by atoms with Gasteiger partial charge in [0.25, 0.3) is 0 Å². The van der Waals surface area contributed by atoms with E-state index in [0.29, 0.717) is 6.42 Å². The number of allylic oxidation sites excluding steroid dienone is 3. The standard InChI is InChI=1S/C15H24O2/c1-11(2)8-12(3)6-5-7-13(4)9-14-10-15(16)17-14/h6,9,11,14H,5,7-8,10H2,1-4H3. The molecule has 1 aliphatic heterocycles. The fourth-order valence-corrected chi connectivity index (χ4v) is 2.09. The number of hydrogen-bond donors (Lipinski definition) is 0. The third kappa shape index (κ3) is 5.71. The molecule has 1 rings (SSSR count). The zero-order valence-electron chi connectivity index (χ0n) is 11.5. The Labute approximate surface area is 105 Å². The van der Waals surface area contributed by atoms with Crippen LogP contribution in [0.5, 0.6) is 0 Å². The topological polar surface area (TPSA) is 26.3 Å². The lowest BCUT2D eigenvalue weighted by Crippen LogP contribution is -2.30. The molecule has 0 aliphatic carbocycles. The van der Waals surface area contributed by atoms with Crippen LogP contribution in [-0.4, -0.2) is 12.1 Å². The third-order valence-corrected chi connectivity index (χ3v) is 2.88. The molecular weight excluding hydrogens is 212 g/mol. The Hall–Kier alpha value is -1.05. The summed E-state index contributed by atoms with van der Waals surface area (Å²) < 4.78 is 4.96. The van der Waals surface area contributed by atoms with Crippen LogP contribution < -0.4 is 0 Å². The lowest BCUT2D eigenvalue weighted by molar-refractivity contribution is -0.164. The summed E-state index contributed by atoms with van der Waals surface area (Å²) in [4.78, 5) is 10.6. The van der Waals surface area contributed by atoms with Gasteiger partial charge in [-0.1, -0.05) is 31.1 Å². The summed E-state index contributed by atoms with van der Waals surface area (Å²) in [6.07, 6.45) is 8.33. The van der Waals surface area contributed by atoms with Crippen LogP contribution >= 0.6 is 0 Å². The molecule has 2 heteroatoms. The molecule has 0 saturated carbocycles. The smallest absolute Gasteiger partial charge is 0.310 e. The number of ether oxygens (including phenoxy) is 1. The van der Waals surface area contributed by atoms with Crippen LogP contribution in [0, 0.1) is 5.92 Å². The van der Waals surface area contributed by atoms with Gasteiger partial charge in [-0.05, 0) is 45.1 Å². The Morgan fingerprint density at radius 2 is 2.06 bits per heavy atom. The molecule has 0 N–H and O–H groups in total. The summed E-state index contributed by atoms with van der Waals surface area (Å²) in [5, 5.41) is 0. The van der Waals surface area contributed by atoms with Crippen molar-refractivity contribution in [2.24, 2.45) is 5.92 Å². The van der Waals surface area contributed by atoms with Gasteiger partial charge in [0.15, 0.2) is 0 Å². The Kier molecular flexibility index (Phi) is 5.46. The van der Waals surface area contributed by atoms with Crippen LogP contribution in [0.15, 0.2) is 23.3 Å². The van der Waals surface area contributed by atoms with Crippen molar-refractivity contribution in [2.75, 3.05) is 0 Å². The molecule has 1 saturated heterocycles. The fraction of sp³-hybridized carbons (Fsp3) is 0.667. The van der Waals surface area contributed by atoms with Crippen LogP contribution in [-0.2, 0) is 9.53 Å². The maximum absolute atomic E-state index is 10.6. The molecule has 96 valence electrons. The zero-order chi connectivity index (χ0) is 12.8. The van der Waals surface area contributed by atoms with Gasteiger partial charge in [-0.15, -0.1) is 0 Å². The first-order valence-corrected chi connectivity index (χ1v) is 6.49. The Balaban J connectivity index is 2.23. The maximum atomic E-state index is 10.6. The highest BCUT2D eigenvalue weighted by molar-refractivity contribution is 5.75. The van der Waals surface area contributed by atoms with E-state index in [2.05, 4.69) is 39.8 Å². The largest absolute Gasteiger partial charge is 0.457 e. The van der Waals surface area contributed by atoms with E-state index in [9.17, 15) is 4.79 Å². The molecule has 1 atom stereocenters. The van der Waals surface area contributed by atoms with E-state index >= 15 is 0 Å². The molecule has 17 heavy (non-hydrogen) atoms. The maximum Gasteiger partial charge on any atom is 0.310 e. The molecule has 0 radical (unpaired) electrons. The molecule has 0 aromatic carbocycles. The zero-order valence-corrected chi connectivity index (χ0v) is 11.5. The van der Waals surface area contributed by atoms with Gasteiger partial charge < -0.3 is 4.74 Å². The molecule has 0 bridgehead atoms. The first kappa shape index (κ1) is 14.0. The van der Waals surface area contributed by atoms with Gasteiger partial charge in [0.2, 0.25) is 0 Å². The van der Waals surface area contributed by atoms with Crippen molar-refractivity contribution >= 4 is 5.97 Å². The quantitative estimate of drug-likeness (QED) is 0.514. The molecule has 0 amide bonds. The summed E-state index contributed by atoms with van der Waals surface area (Å²) in [5.41, 5.74) is 2.79. The van der Waals surface area contributed by atoms with Gasteiger partial charge in [0.1, 0.15) is 6.10 Å². The fourth-order valence-electron chi connectivity index (χ4n) is 2.09. The summed E-state index contributed by atoms with van der Waals surface area (Å²) in [6.45, 7) is 8.80. The summed E-state index contributed by atoms with van der Waals surface area (Å²) in [5.74, 6) is 0.656. The van der Waals surface area contributed by atoms with Gasteiger partial charge in [-0.3, -0.25) is 4.79 Å². The summed E-state index contributed by atoms with van der Waals surface area (Å²) in [6, 6.07) is 0. The predicted molar refractivity (Wildman–Crippen MR) is 70.7 cm³/mol. The molecule has 1 heterocycles. The highest BCUT2D eigenvalue weighted by Gasteiger charge is 2.25. The van der Waals surface area contributed by atoms with E-state index in [1.165, 1.54) is 17.6 Å². The number of cyclic esters (lactones) is 1. The Morgan fingerprint density at radius 1 is 1.41 bits per heavy atom. The van der Waals surface area contributed by atoms with E-state index < -0.39 is 0 Å². The van der Waals surface area contributed by atoms with Gasteiger partial charge in [-0.2, -0.15) is 0 Å². The van der Waals surface area contributed by atoms with Crippen molar-refractivity contribution in [3.8, 4) is 0 Å². The van der Waals surface area contributed by atoms with Crippen LogP contribution in [0.3, 0.4) is 0 Å². The number of carbonyl (C=O) groups is 1. The van der Waals surface area contributed by atoms with Crippen LogP contribution in [0.2, 0.25) is 0 Å². The minimum absolute atomic E-state index is 0.0447. The predicted octanol–water partition coefficient (Wildman–Crippen LogP) is 4.02. The van der Waals surface area contributed by atoms with Gasteiger partial charge in [0.05, 0.1) is 6.42 Å². The highest BCUT2D eigenvalue weighted by atomic mass is 16.6. The lowest BCUT2D eigenvalue weighted by Gasteiger charge is -2.23. The first-order chi connectivity index (χ1) is 7.97. The second kappa shape index (κ2) is 6.63. The number of esters is 1. The van der Waals surface area contributed by atoms with Gasteiger partial charge in [0, 0.05) is 0 Å². The first-order valence-electron chi connectivity index (χ1n) is 6.49. The van der Waals surface area contributed by atoms with E-state index in [-0.39, 0.29) is 12.1 Å². The van der Waals surface area contributed by atoms with Crippen molar-refractivity contribution in [3.05, 3.63) is 23.3 Å². The number of rotatable bonds is 6. The molecule has 1 unspecified atom stereocenters. The summed E-state index contributed by atoms with van der Waals surface area (Å²) in [7, 11) is 0. The molecule has 0 aromatic rings. The van der Waals surface area contributed by atoms with Crippen molar-refractivity contribution in [3.63, 3.8) is 0 Å². The Bertz CT molecular complexity index is 316. The number of hydrogen-bond acceptors (Lipinski definition) is 2. The monoisotopic (exact) mass is 236 g/mol. The normalized spacial score (nSPS) is 21.5. The van der Waals surface area contributed by atoms with Gasteiger partial charge >= 0.3 is 5.97 Å². The minimum Gasteiger partial charge on any atom is -0.457 e. The Morgan fingerprint density at radius 3 is 2.59 bits per heavy atom. The SMILES string of the molecule is CC(=CC1CC(=O)O1)CCC=C(C)CC(C)C. The van der Waals surface area contributed by atoms with Crippen LogP contribution in [0.1, 0.15) is 53.4 Å². The van der Waals surface area contributed by atoms with Crippen molar-refractivity contribution < 1.29 is 9.53 Å². The number of carbonyl (C=O) groups excluding carboxylic acids is 1. The lowest BCUT2D eigenvalue weighted by atomic mass is 10.0. The van der Waals surface area contributed by atoms with E-state index in [1.54, 1.807) is 0 Å². The highest BCUT2D eigenvalue weighted by Crippen LogP contribution is 2.18. The molecule has 1 aliphatic rings. The molecule has 2 nitrogen and oxygen atoms in total. The van der Waals surface area contributed by atoms with E-state index in [1.807, 2.05) is 0 Å². The van der Waals surface area contributed by atoms with Gasteiger partial charge in [-0.25, -0.2) is 0 Å². The van der Waals surface area contributed by atoms with Crippen LogP contribution in [0.4, 0.5) is 0 Å².